The first kappa shape index (κ1) is 16.7. The average molecular weight is 345 g/mol. The fraction of sp³-hybridized carbons (Fsp3) is 0.294. The number of aromatic nitrogens is 3. The van der Waals surface area contributed by atoms with Crippen molar-refractivity contribution in [2.75, 3.05) is 27.9 Å². The van der Waals surface area contributed by atoms with Gasteiger partial charge in [0.2, 0.25) is 5.75 Å². The van der Waals surface area contributed by atoms with Crippen molar-refractivity contribution in [2.45, 2.75) is 6.92 Å². The van der Waals surface area contributed by atoms with Gasteiger partial charge in [0.1, 0.15) is 0 Å². The number of H-pyrrole nitrogens is 1. The van der Waals surface area contributed by atoms with Crippen molar-refractivity contribution in [1.29, 1.82) is 0 Å². The Kier molecular flexibility index (Phi) is 4.51. The predicted molar refractivity (Wildman–Crippen MR) is 90.6 cm³/mol. The van der Waals surface area contributed by atoms with Crippen molar-refractivity contribution in [3.05, 3.63) is 30.1 Å². The molecule has 0 saturated carbocycles. The van der Waals surface area contributed by atoms with Crippen LogP contribution in [0.1, 0.15) is 17.4 Å². The largest absolute Gasteiger partial charge is 0.493 e. The maximum atomic E-state index is 11.7. The lowest BCUT2D eigenvalue weighted by Gasteiger charge is -2.13. The number of aromatic amines is 1. The minimum Gasteiger partial charge on any atom is -0.493 e. The molecule has 0 spiro atoms. The van der Waals surface area contributed by atoms with Crippen LogP contribution in [-0.4, -0.2) is 48.5 Å². The summed E-state index contributed by atoms with van der Waals surface area (Å²) in [5.41, 5.74) is 2.48. The Morgan fingerprint density at radius 3 is 2.32 bits per heavy atom. The van der Waals surface area contributed by atoms with Crippen LogP contribution in [0.15, 0.2) is 24.4 Å². The van der Waals surface area contributed by atoms with Gasteiger partial charge in [-0.2, -0.15) is 0 Å². The molecule has 2 heterocycles. The van der Waals surface area contributed by atoms with Crippen LogP contribution in [-0.2, 0) is 4.74 Å². The fourth-order valence-corrected chi connectivity index (χ4v) is 2.56. The molecule has 3 aromatic rings. The Morgan fingerprint density at radius 1 is 1.12 bits per heavy atom. The van der Waals surface area contributed by atoms with Gasteiger partial charge in [0.25, 0.3) is 0 Å². The van der Waals surface area contributed by atoms with Crippen molar-refractivity contribution in [1.82, 2.24) is 14.6 Å². The van der Waals surface area contributed by atoms with Crippen molar-refractivity contribution >= 4 is 11.6 Å². The number of nitrogens with zero attached hydrogens (tertiary/aromatic N) is 2. The Hall–Kier alpha value is -3.16. The topological polar surface area (TPSA) is 87.1 Å². The number of rotatable bonds is 6. The van der Waals surface area contributed by atoms with Gasteiger partial charge in [-0.15, -0.1) is 0 Å². The second kappa shape index (κ2) is 6.76. The van der Waals surface area contributed by atoms with E-state index < -0.39 is 5.97 Å². The molecular formula is C17H19N3O5. The monoisotopic (exact) mass is 345 g/mol. The van der Waals surface area contributed by atoms with Gasteiger partial charge in [0, 0.05) is 11.6 Å². The molecule has 8 nitrogen and oxygen atoms in total. The third-order valence-corrected chi connectivity index (χ3v) is 3.71. The highest BCUT2D eigenvalue weighted by Crippen LogP contribution is 2.41. The summed E-state index contributed by atoms with van der Waals surface area (Å²) in [4.78, 5) is 16.0. The lowest BCUT2D eigenvalue weighted by molar-refractivity contribution is 0.0520. The second-order valence-corrected chi connectivity index (χ2v) is 5.16. The zero-order valence-corrected chi connectivity index (χ0v) is 14.5. The molecule has 0 atom stereocenters. The summed E-state index contributed by atoms with van der Waals surface area (Å²) in [7, 11) is 4.68. The van der Waals surface area contributed by atoms with Gasteiger partial charge in [0.15, 0.2) is 22.8 Å². The molecule has 0 radical (unpaired) electrons. The Labute approximate surface area is 144 Å². The lowest BCUT2D eigenvalue weighted by atomic mass is 10.1. The van der Waals surface area contributed by atoms with Crippen LogP contribution in [0.4, 0.5) is 0 Å². The maximum absolute atomic E-state index is 11.7. The molecule has 25 heavy (non-hydrogen) atoms. The number of imidazole rings is 1. The van der Waals surface area contributed by atoms with Gasteiger partial charge in [-0.1, -0.05) is 0 Å². The average Bonchev–Trinajstić information content (AvgIpc) is 3.19. The maximum Gasteiger partial charge on any atom is 0.358 e. The van der Waals surface area contributed by atoms with Crippen LogP contribution in [0.3, 0.4) is 0 Å². The Morgan fingerprint density at radius 2 is 1.80 bits per heavy atom. The molecule has 0 aliphatic rings. The number of carbonyl (C=O) groups is 1. The van der Waals surface area contributed by atoms with E-state index in [0.717, 1.165) is 11.3 Å². The quantitative estimate of drug-likeness (QED) is 0.691. The second-order valence-electron chi connectivity index (χ2n) is 5.16. The molecule has 0 unspecified atom stereocenters. The Balaban J connectivity index is 2.01. The summed E-state index contributed by atoms with van der Waals surface area (Å²) in [5.74, 6) is 1.18. The summed E-state index contributed by atoms with van der Waals surface area (Å²) < 4.78 is 22.7. The Bertz CT molecular complexity index is 856. The van der Waals surface area contributed by atoms with Gasteiger partial charge in [-0.3, -0.25) is 5.10 Å². The lowest BCUT2D eigenvalue weighted by Crippen LogP contribution is -2.04. The van der Waals surface area contributed by atoms with Gasteiger partial charge in [0.05, 0.1) is 39.8 Å². The van der Waals surface area contributed by atoms with Crippen LogP contribution >= 0.6 is 0 Å². The highest BCUT2D eigenvalue weighted by atomic mass is 16.5. The van der Waals surface area contributed by atoms with Gasteiger partial charge in [-0.05, 0) is 19.1 Å². The summed E-state index contributed by atoms with van der Waals surface area (Å²) in [6.07, 6.45) is 1.59. The third-order valence-electron chi connectivity index (χ3n) is 3.71. The molecule has 0 saturated heterocycles. The molecule has 132 valence electrons. The van der Waals surface area contributed by atoms with E-state index in [2.05, 4.69) is 10.1 Å². The van der Waals surface area contributed by atoms with Crippen molar-refractivity contribution < 1.29 is 23.7 Å². The predicted octanol–water partition coefficient (Wildman–Crippen LogP) is 2.53. The number of methoxy groups -OCH3 is 3. The molecule has 0 aliphatic carbocycles. The number of hydrogen-bond donors (Lipinski definition) is 1. The van der Waals surface area contributed by atoms with Crippen molar-refractivity contribution in [3.8, 4) is 28.5 Å². The third kappa shape index (κ3) is 2.98. The normalized spacial score (nSPS) is 10.7. The van der Waals surface area contributed by atoms with E-state index in [1.807, 2.05) is 18.2 Å². The van der Waals surface area contributed by atoms with E-state index in [9.17, 15) is 4.79 Å². The number of fused-ring (bicyclic) bond motifs is 1. The molecule has 1 N–H and O–H groups in total. The standard InChI is InChI=1S/C17H19N3O5/c1-5-25-17(21)12-9-20-15(18-12)8-11(19-20)10-6-13(22-2)16(24-4)14(7-10)23-3/h6-9,19H,5H2,1-4H3. The number of carbonyl (C=O) groups excluding carboxylic acids is 1. The number of esters is 1. The zero-order chi connectivity index (χ0) is 18.0. The van der Waals surface area contributed by atoms with Gasteiger partial charge < -0.3 is 18.9 Å². The van der Waals surface area contributed by atoms with Crippen molar-refractivity contribution in [3.63, 3.8) is 0 Å². The van der Waals surface area contributed by atoms with Crippen molar-refractivity contribution in [2.24, 2.45) is 0 Å². The van der Waals surface area contributed by atoms with Crippen LogP contribution in [0, 0.1) is 0 Å². The van der Waals surface area contributed by atoms with Crippen LogP contribution in [0.2, 0.25) is 0 Å². The van der Waals surface area contributed by atoms with E-state index in [1.54, 1.807) is 39.0 Å². The zero-order valence-electron chi connectivity index (χ0n) is 14.5. The summed E-state index contributed by atoms with van der Waals surface area (Å²) >= 11 is 0. The highest BCUT2D eigenvalue weighted by molar-refractivity contribution is 5.88. The molecule has 8 heteroatoms. The highest BCUT2D eigenvalue weighted by Gasteiger charge is 2.17. The van der Waals surface area contributed by atoms with Gasteiger partial charge in [-0.25, -0.2) is 14.3 Å². The van der Waals surface area contributed by atoms with E-state index in [4.69, 9.17) is 18.9 Å². The van der Waals surface area contributed by atoms with Crippen LogP contribution < -0.4 is 14.2 Å². The smallest absolute Gasteiger partial charge is 0.358 e. The summed E-state index contributed by atoms with van der Waals surface area (Å²) in [6.45, 7) is 2.06. The SMILES string of the molecule is CCOC(=O)c1cn2[nH]c(-c3cc(OC)c(OC)c(OC)c3)cc2n1. The first-order valence-electron chi connectivity index (χ1n) is 7.66. The molecule has 0 fully saturated rings. The fourth-order valence-electron chi connectivity index (χ4n) is 2.56. The van der Waals surface area contributed by atoms with E-state index in [1.165, 1.54) is 0 Å². The molecular weight excluding hydrogens is 326 g/mol. The first-order chi connectivity index (χ1) is 12.1. The molecule has 2 aromatic heterocycles. The number of ether oxygens (including phenoxy) is 4. The van der Waals surface area contributed by atoms with E-state index in [-0.39, 0.29) is 5.69 Å². The van der Waals surface area contributed by atoms with Crippen LogP contribution in [0.25, 0.3) is 16.9 Å². The van der Waals surface area contributed by atoms with Gasteiger partial charge >= 0.3 is 5.97 Å². The molecule has 3 rings (SSSR count). The van der Waals surface area contributed by atoms with Crippen LogP contribution in [0.5, 0.6) is 17.2 Å². The number of hydrogen-bond acceptors (Lipinski definition) is 6. The molecule has 0 bridgehead atoms. The summed E-state index contributed by atoms with van der Waals surface area (Å²) in [6, 6.07) is 5.49. The van der Waals surface area contributed by atoms with E-state index >= 15 is 0 Å². The minimum atomic E-state index is -0.450. The number of nitrogens with one attached hydrogen (secondary N) is 1. The van der Waals surface area contributed by atoms with E-state index in [0.29, 0.717) is 29.5 Å². The molecule has 0 aliphatic heterocycles. The molecule has 1 aromatic carbocycles. The number of benzene rings is 1. The molecule has 0 amide bonds. The minimum absolute atomic E-state index is 0.254. The first-order valence-corrected chi connectivity index (χ1v) is 7.66. The summed E-state index contributed by atoms with van der Waals surface area (Å²) in [5, 5.41) is 3.16.